The molecule has 0 spiro atoms. The first kappa shape index (κ1) is 23.5. The molecule has 136 valence electrons. The van der Waals surface area contributed by atoms with Gasteiger partial charge in [-0.25, -0.2) is 0 Å². The second-order valence-corrected chi connectivity index (χ2v) is 14.2. The van der Waals surface area contributed by atoms with Crippen LogP contribution in [0.2, 0.25) is 25.7 Å². The van der Waals surface area contributed by atoms with E-state index in [1.165, 1.54) is 68.6 Å². The van der Waals surface area contributed by atoms with Gasteiger partial charge in [0.25, 0.3) is 0 Å². The number of likely N-dealkylation sites (tertiary alicyclic amines) is 1. The van der Waals surface area contributed by atoms with Gasteiger partial charge in [0.1, 0.15) is 6.04 Å². The fourth-order valence-corrected chi connectivity index (χ4v) is 6.00. The molecule has 0 aromatic carbocycles. The summed E-state index contributed by atoms with van der Waals surface area (Å²) in [7, 11) is -0.851. The molecule has 3 heteroatoms. The molecule has 0 saturated carbocycles. The van der Waals surface area contributed by atoms with Gasteiger partial charge >= 0.3 is 0 Å². The van der Waals surface area contributed by atoms with Crippen LogP contribution < -0.4 is 24.0 Å². The van der Waals surface area contributed by atoms with E-state index in [0.717, 1.165) is 18.5 Å². The Morgan fingerprint density at radius 1 is 1.13 bits per heavy atom. The van der Waals surface area contributed by atoms with Crippen molar-refractivity contribution in [3.63, 3.8) is 0 Å². The van der Waals surface area contributed by atoms with Crippen molar-refractivity contribution in [3.8, 4) is 12.3 Å². The van der Waals surface area contributed by atoms with Crippen molar-refractivity contribution in [2.24, 2.45) is 0 Å². The number of quaternary nitrogens is 1. The zero-order valence-electron chi connectivity index (χ0n) is 16.3. The zero-order valence-corrected chi connectivity index (χ0v) is 19.5. The highest BCUT2D eigenvalue weighted by Crippen LogP contribution is 2.35. The Kier molecular flexibility index (Phi) is 11.4. The molecule has 1 fully saturated rings. The van der Waals surface area contributed by atoms with Crippen LogP contribution in [0.5, 0.6) is 0 Å². The molecule has 0 amide bonds. The van der Waals surface area contributed by atoms with Crippen LogP contribution in [0.15, 0.2) is 0 Å². The zero-order chi connectivity index (χ0) is 16.6. The topological polar surface area (TPSA) is 0 Å². The third-order valence-corrected chi connectivity index (χ3v) is 7.72. The Morgan fingerprint density at radius 2 is 1.78 bits per heavy atom. The van der Waals surface area contributed by atoms with Crippen LogP contribution >= 0.6 is 0 Å². The van der Waals surface area contributed by atoms with Crippen molar-refractivity contribution in [3.05, 3.63) is 0 Å². The average molecular weight is 450 g/mol. The Bertz CT molecular complexity index is 354. The van der Waals surface area contributed by atoms with E-state index in [0.29, 0.717) is 0 Å². The normalized spacial score (nSPS) is 24.5. The number of hydrogen-bond acceptors (Lipinski definition) is 0. The monoisotopic (exact) mass is 449 g/mol. The summed E-state index contributed by atoms with van der Waals surface area (Å²) >= 11 is 0. The van der Waals surface area contributed by atoms with Gasteiger partial charge in [0.05, 0.1) is 25.6 Å². The lowest BCUT2D eigenvalue weighted by molar-refractivity contribution is -0.962. The van der Waals surface area contributed by atoms with Gasteiger partial charge in [0.15, 0.2) is 0 Å². The highest BCUT2D eigenvalue weighted by Gasteiger charge is 2.44. The summed E-state index contributed by atoms with van der Waals surface area (Å²) in [6, 6.07) is 3.07. The molecule has 2 atom stereocenters. The summed E-state index contributed by atoms with van der Waals surface area (Å²) in [5.74, 6) is 2.98. The van der Waals surface area contributed by atoms with Crippen molar-refractivity contribution in [1.29, 1.82) is 0 Å². The van der Waals surface area contributed by atoms with Crippen molar-refractivity contribution in [2.45, 2.75) is 103 Å². The van der Waals surface area contributed by atoms with E-state index in [-0.39, 0.29) is 24.0 Å². The first-order valence-corrected chi connectivity index (χ1v) is 13.4. The van der Waals surface area contributed by atoms with E-state index < -0.39 is 8.07 Å². The van der Waals surface area contributed by atoms with Crippen molar-refractivity contribution < 1.29 is 28.5 Å². The maximum absolute atomic E-state index is 5.68. The lowest BCUT2D eigenvalue weighted by atomic mass is 10.0. The molecule has 0 aromatic heterocycles. The number of hydrogen-bond donors (Lipinski definition) is 0. The van der Waals surface area contributed by atoms with Crippen molar-refractivity contribution in [1.82, 2.24) is 0 Å². The Hall–Kier alpha value is 0.467. The quantitative estimate of drug-likeness (QED) is 0.158. The highest BCUT2D eigenvalue weighted by atomic mass is 127. The van der Waals surface area contributed by atoms with Gasteiger partial charge in [-0.3, -0.25) is 0 Å². The van der Waals surface area contributed by atoms with E-state index in [2.05, 4.69) is 39.4 Å². The summed E-state index contributed by atoms with van der Waals surface area (Å²) in [5.41, 5.74) is 0. The van der Waals surface area contributed by atoms with Gasteiger partial charge < -0.3 is 28.5 Å². The molecule has 0 aliphatic carbocycles. The molecular formula is C20H40INSi. The van der Waals surface area contributed by atoms with Crippen LogP contribution in [0.1, 0.15) is 65.2 Å². The molecule has 23 heavy (non-hydrogen) atoms. The SMILES string of the molecule is C#CCC1CCC[N+]1(CCCCC[Si](C)(C)C)C(CC)CC.[I-]. The lowest BCUT2D eigenvalue weighted by Crippen LogP contribution is -3.00. The van der Waals surface area contributed by atoms with Gasteiger partial charge in [-0.2, -0.15) is 0 Å². The predicted octanol–water partition coefficient (Wildman–Crippen LogP) is 2.69. The highest BCUT2D eigenvalue weighted by molar-refractivity contribution is 6.76. The second-order valence-electron chi connectivity index (χ2n) is 8.60. The molecular weight excluding hydrogens is 409 g/mol. The van der Waals surface area contributed by atoms with Gasteiger partial charge in [-0.05, 0) is 25.7 Å². The number of nitrogens with zero attached hydrogens (tertiary/aromatic N) is 1. The van der Waals surface area contributed by atoms with E-state index in [1.54, 1.807) is 0 Å². The molecule has 1 nitrogen and oxygen atoms in total. The molecule has 1 heterocycles. The van der Waals surface area contributed by atoms with Gasteiger partial charge in [0, 0.05) is 20.9 Å². The first-order chi connectivity index (χ1) is 10.4. The molecule has 0 radical (unpaired) electrons. The lowest BCUT2D eigenvalue weighted by Gasteiger charge is -2.46. The fourth-order valence-electron chi connectivity index (χ4n) is 4.69. The largest absolute Gasteiger partial charge is 1.00 e. The molecule has 1 aliphatic heterocycles. The van der Waals surface area contributed by atoms with Crippen LogP contribution in [-0.2, 0) is 0 Å². The van der Waals surface area contributed by atoms with Crippen LogP contribution in [0.25, 0.3) is 0 Å². The Morgan fingerprint density at radius 3 is 2.30 bits per heavy atom. The Labute approximate surface area is 164 Å². The van der Waals surface area contributed by atoms with Gasteiger partial charge in [0.2, 0.25) is 0 Å². The number of terminal acetylenes is 1. The molecule has 1 saturated heterocycles. The number of rotatable bonds is 10. The van der Waals surface area contributed by atoms with E-state index in [1.807, 2.05) is 0 Å². The minimum Gasteiger partial charge on any atom is -1.00 e. The number of unbranched alkanes of at least 4 members (excludes halogenated alkanes) is 2. The third kappa shape index (κ3) is 7.08. The van der Waals surface area contributed by atoms with E-state index >= 15 is 0 Å². The van der Waals surface area contributed by atoms with Crippen molar-refractivity contribution >= 4 is 8.07 Å². The molecule has 1 aliphatic rings. The maximum atomic E-state index is 5.68. The number of halogens is 1. The summed E-state index contributed by atoms with van der Waals surface area (Å²) in [6.07, 6.45) is 16.3. The molecule has 0 bridgehead atoms. The van der Waals surface area contributed by atoms with E-state index in [9.17, 15) is 0 Å². The van der Waals surface area contributed by atoms with Gasteiger partial charge in [-0.1, -0.05) is 46.0 Å². The summed E-state index contributed by atoms with van der Waals surface area (Å²) in [4.78, 5) is 0. The first-order valence-electron chi connectivity index (χ1n) is 9.69. The summed E-state index contributed by atoms with van der Waals surface area (Å²) in [5, 5.41) is 0. The summed E-state index contributed by atoms with van der Waals surface area (Å²) < 4.78 is 1.35. The standard InChI is InChI=1S/C20H40NSi.HI/c1-7-14-20-15-13-17-21(20,19(8-2)9-3)16-11-10-12-18-22(4,5)6;/h1,19-20H,8-18H2,2-6H3;1H/q+1;/p-1. The van der Waals surface area contributed by atoms with Crippen LogP contribution in [-0.4, -0.2) is 37.7 Å². The fraction of sp³-hybridized carbons (Fsp3) is 0.900. The average Bonchev–Trinajstić information content (AvgIpc) is 2.83. The Balaban J connectivity index is 0.00000484. The maximum Gasteiger partial charge on any atom is 0.100 e. The minimum atomic E-state index is -0.851. The van der Waals surface area contributed by atoms with Gasteiger partial charge in [-0.15, -0.1) is 12.3 Å². The molecule has 1 rings (SSSR count). The van der Waals surface area contributed by atoms with E-state index in [4.69, 9.17) is 6.42 Å². The third-order valence-electron chi connectivity index (χ3n) is 5.86. The minimum absolute atomic E-state index is 0. The van der Waals surface area contributed by atoms with Crippen LogP contribution in [0.3, 0.4) is 0 Å². The second kappa shape index (κ2) is 11.2. The smallest absolute Gasteiger partial charge is 0.100 e. The molecule has 0 aromatic rings. The molecule has 0 N–H and O–H groups in total. The van der Waals surface area contributed by atoms with Crippen molar-refractivity contribution in [2.75, 3.05) is 13.1 Å². The predicted molar refractivity (Wildman–Crippen MR) is 103 cm³/mol. The van der Waals surface area contributed by atoms with Crippen LogP contribution in [0, 0.1) is 12.3 Å². The summed E-state index contributed by atoms with van der Waals surface area (Å²) in [6.45, 7) is 15.0. The van der Waals surface area contributed by atoms with Crippen LogP contribution in [0.4, 0.5) is 0 Å². The molecule has 2 unspecified atom stereocenters.